The molecule has 2 aliphatic rings. The summed E-state index contributed by atoms with van der Waals surface area (Å²) in [5, 5.41) is 12.2. The van der Waals surface area contributed by atoms with Crippen LogP contribution < -0.4 is 20.3 Å². The molecule has 8 nitrogen and oxygen atoms in total. The molecule has 2 aromatic rings. The number of ether oxygens (including phenoxy) is 1. The molecule has 3 N–H and O–H groups in total. The average molecular weight is 549 g/mol. The number of hydrogen-bond acceptors (Lipinski definition) is 6. The largest absolute Gasteiger partial charge is 0.475 e. The molecule has 1 fully saturated rings. The summed E-state index contributed by atoms with van der Waals surface area (Å²) in [5.74, 6) is -0.432. The Hall–Kier alpha value is -1.86. The monoisotopic (exact) mass is 549 g/mol. The number of aliphatic hydroxyl groups is 1. The maximum Gasteiger partial charge on any atom is 0.258 e. The Morgan fingerprint density at radius 3 is 2.70 bits per heavy atom. The molecule has 11 heteroatoms. The highest BCUT2D eigenvalue weighted by Gasteiger charge is 2.54. The number of benzene rings is 1. The van der Waals surface area contributed by atoms with Crippen LogP contribution in [0.5, 0.6) is 5.88 Å². The van der Waals surface area contributed by atoms with Gasteiger partial charge in [-0.3, -0.25) is 14.1 Å². The number of halogens is 2. The van der Waals surface area contributed by atoms with Crippen molar-refractivity contribution in [3.8, 4) is 5.88 Å². The van der Waals surface area contributed by atoms with Crippen LogP contribution in [0.4, 0.5) is 21.5 Å². The van der Waals surface area contributed by atoms with Gasteiger partial charge in [-0.2, -0.15) is 0 Å². The number of fused-ring (bicyclic) bond motifs is 1. The van der Waals surface area contributed by atoms with Crippen LogP contribution in [0.2, 0.25) is 0 Å². The van der Waals surface area contributed by atoms with Crippen molar-refractivity contribution >= 4 is 49.7 Å². The van der Waals surface area contributed by atoms with Gasteiger partial charge in [-0.05, 0) is 67.0 Å². The van der Waals surface area contributed by atoms with Gasteiger partial charge >= 0.3 is 0 Å². The van der Waals surface area contributed by atoms with E-state index in [1.54, 1.807) is 13.0 Å². The van der Waals surface area contributed by atoms with E-state index in [2.05, 4.69) is 10.0 Å². The number of anilines is 3. The molecular weight excluding hydrogens is 528 g/mol. The molecule has 0 unspecified atom stereocenters. The maximum atomic E-state index is 14.5. The van der Waals surface area contributed by atoms with Crippen LogP contribution in [-0.4, -0.2) is 36.1 Å². The molecule has 0 bridgehead atoms. The maximum absolute atomic E-state index is 14.5. The highest BCUT2D eigenvalue weighted by molar-refractivity contribution is 14.1. The Balaban J connectivity index is 1.84. The third-order valence-electron chi connectivity index (χ3n) is 5.58. The third kappa shape index (κ3) is 3.56. The summed E-state index contributed by atoms with van der Waals surface area (Å²) >= 11 is 1.98. The predicted octanol–water partition coefficient (Wildman–Crippen LogP) is 2.69. The Labute approximate surface area is 186 Å². The lowest BCUT2D eigenvalue weighted by molar-refractivity contribution is 0.283. The minimum Gasteiger partial charge on any atom is -0.475 e. The number of hydrogen-bond donors (Lipinski definition) is 3. The van der Waals surface area contributed by atoms with Crippen molar-refractivity contribution in [2.75, 3.05) is 23.3 Å². The molecule has 2 heterocycles. The smallest absolute Gasteiger partial charge is 0.258 e. The lowest BCUT2D eigenvalue weighted by atomic mass is 10.2. The van der Waals surface area contributed by atoms with Gasteiger partial charge in [-0.25, -0.2) is 12.8 Å². The second kappa shape index (κ2) is 7.68. The van der Waals surface area contributed by atoms with Crippen molar-refractivity contribution in [2.45, 2.75) is 37.5 Å². The molecule has 162 valence electrons. The molecular formula is C19H21FIN3O5S. The molecule has 4 rings (SSSR count). The van der Waals surface area contributed by atoms with Crippen molar-refractivity contribution in [1.82, 2.24) is 4.57 Å². The molecule has 1 aromatic carbocycles. The van der Waals surface area contributed by atoms with Crippen LogP contribution in [0, 0.1) is 16.3 Å². The van der Waals surface area contributed by atoms with E-state index in [9.17, 15) is 22.7 Å². The number of rotatable bonds is 7. The number of pyridine rings is 1. The van der Waals surface area contributed by atoms with Crippen molar-refractivity contribution in [1.29, 1.82) is 0 Å². The van der Waals surface area contributed by atoms with E-state index in [0.717, 1.165) is 0 Å². The standard InChI is InChI=1S/C19H21FIN3O5S/c1-11-15(22-14-3-2-12(21)10-13(14)20)16(18-24(17(11)26)7-9-29-18)23-30(27,28)19(4-5-19)6-8-25/h2-3,10,22-23,25H,4-9H2,1H3. The number of aliphatic hydroxyl groups excluding tert-OH is 1. The van der Waals surface area contributed by atoms with Crippen LogP contribution in [0.25, 0.3) is 0 Å². The van der Waals surface area contributed by atoms with E-state index in [1.165, 1.54) is 16.7 Å². The Morgan fingerprint density at radius 2 is 2.07 bits per heavy atom. The molecule has 0 spiro atoms. The molecule has 30 heavy (non-hydrogen) atoms. The fraction of sp³-hybridized carbons (Fsp3) is 0.421. The number of sulfonamides is 1. The van der Waals surface area contributed by atoms with Gasteiger partial charge in [0.25, 0.3) is 5.56 Å². The van der Waals surface area contributed by atoms with Gasteiger partial charge in [-0.1, -0.05) is 0 Å². The Morgan fingerprint density at radius 1 is 1.33 bits per heavy atom. The summed E-state index contributed by atoms with van der Waals surface area (Å²) in [7, 11) is -3.89. The van der Waals surface area contributed by atoms with Crippen molar-refractivity contribution in [3.05, 3.63) is 43.5 Å². The minimum atomic E-state index is -3.89. The molecule has 1 aliphatic heterocycles. The average Bonchev–Trinajstić information content (AvgIpc) is 3.32. The third-order valence-corrected chi connectivity index (χ3v) is 8.47. The first-order chi connectivity index (χ1) is 14.2. The lowest BCUT2D eigenvalue weighted by Gasteiger charge is -2.22. The van der Waals surface area contributed by atoms with Gasteiger partial charge in [0, 0.05) is 15.7 Å². The van der Waals surface area contributed by atoms with E-state index < -0.39 is 20.6 Å². The first-order valence-corrected chi connectivity index (χ1v) is 12.0. The van der Waals surface area contributed by atoms with Gasteiger partial charge in [0.1, 0.15) is 18.1 Å². The Bertz CT molecular complexity index is 1180. The van der Waals surface area contributed by atoms with Crippen LogP contribution in [0.3, 0.4) is 0 Å². The topological polar surface area (TPSA) is 110 Å². The minimum absolute atomic E-state index is 0.0757. The van der Waals surface area contributed by atoms with E-state index in [1.807, 2.05) is 22.6 Å². The van der Waals surface area contributed by atoms with E-state index in [0.29, 0.717) is 23.0 Å². The number of nitrogens with zero attached hydrogens (tertiary/aromatic N) is 1. The van der Waals surface area contributed by atoms with Crippen molar-refractivity contribution in [2.24, 2.45) is 0 Å². The zero-order valence-electron chi connectivity index (χ0n) is 16.2. The van der Waals surface area contributed by atoms with E-state index in [-0.39, 0.29) is 53.7 Å². The second-order valence-corrected chi connectivity index (χ2v) is 10.8. The van der Waals surface area contributed by atoms with E-state index >= 15 is 0 Å². The van der Waals surface area contributed by atoms with Crippen molar-refractivity contribution < 1.29 is 22.7 Å². The number of nitrogens with one attached hydrogen (secondary N) is 2. The normalized spacial score (nSPS) is 16.7. The summed E-state index contributed by atoms with van der Waals surface area (Å²) < 4.78 is 49.9. The molecule has 0 radical (unpaired) electrons. The molecule has 0 atom stereocenters. The fourth-order valence-corrected chi connectivity index (χ4v) is 5.76. The summed E-state index contributed by atoms with van der Waals surface area (Å²) in [4.78, 5) is 12.8. The molecule has 0 saturated heterocycles. The highest BCUT2D eigenvalue weighted by atomic mass is 127. The summed E-state index contributed by atoms with van der Waals surface area (Å²) in [5.41, 5.74) is 0.239. The van der Waals surface area contributed by atoms with Crippen LogP contribution in [0.15, 0.2) is 23.0 Å². The van der Waals surface area contributed by atoms with Crippen LogP contribution >= 0.6 is 22.6 Å². The predicted molar refractivity (Wildman–Crippen MR) is 120 cm³/mol. The van der Waals surface area contributed by atoms with Gasteiger partial charge < -0.3 is 15.2 Å². The van der Waals surface area contributed by atoms with Crippen LogP contribution in [-0.2, 0) is 16.6 Å². The lowest BCUT2D eigenvalue weighted by Crippen LogP contribution is -2.32. The van der Waals surface area contributed by atoms with Crippen molar-refractivity contribution in [3.63, 3.8) is 0 Å². The zero-order valence-corrected chi connectivity index (χ0v) is 19.1. The summed E-state index contributed by atoms with van der Waals surface area (Å²) in [6, 6.07) is 4.55. The molecule has 1 aliphatic carbocycles. The highest BCUT2D eigenvalue weighted by Crippen LogP contribution is 2.48. The molecule has 1 saturated carbocycles. The Kier molecular flexibility index (Phi) is 5.47. The first-order valence-electron chi connectivity index (χ1n) is 9.44. The van der Waals surface area contributed by atoms with Crippen LogP contribution in [0.1, 0.15) is 24.8 Å². The molecule has 0 amide bonds. The first kappa shape index (κ1) is 21.4. The zero-order chi connectivity index (χ0) is 21.7. The van der Waals surface area contributed by atoms with Gasteiger partial charge in [-0.15, -0.1) is 0 Å². The molecule has 1 aromatic heterocycles. The SMILES string of the molecule is Cc1c(Nc2ccc(I)cc2F)c(NS(=O)(=O)C2(CCO)CC2)c2n(c1=O)CCO2. The number of aromatic nitrogens is 1. The van der Waals surface area contributed by atoms with Gasteiger partial charge in [0.15, 0.2) is 0 Å². The quantitative estimate of drug-likeness (QED) is 0.459. The van der Waals surface area contributed by atoms with Gasteiger partial charge in [0.2, 0.25) is 15.9 Å². The fourth-order valence-electron chi connectivity index (χ4n) is 3.63. The summed E-state index contributed by atoms with van der Waals surface area (Å²) in [6.07, 6.45) is 0.990. The summed E-state index contributed by atoms with van der Waals surface area (Å²) in [6.45, 7) is 1.83. The van der Waals surface area contributed by atoms with Gasteiger partial charge in [0.05, 0.1) is 22.7 Å². The second-order valence-electron chi connectivity index (χ2n) is 7.50. The van der Waals surface area contributed by atoms with E-state index in [4.69, 9.17) is 4.74 Å².